The zero-order valence-electron chi connectivity index (χ0n) is 9.05. The molecule has 2 aromatic heterocycles. The van der Waals surface area contributed by atoms with Gasteiger partial charge in [-0.25, -0.2) is 9.78 Å². The van der Waals surface area contributed by atoms with Gasteiger partial charge in [0.1, 0.15) is 5.00 Å². The molecule has 0 saturated heterocycles. The number of rotatable bonds is 5. The van der Waals surface area contributed by atoms with Gasteiger partial charge in [0.05, 0.1) is 5.01 Å². The zero-order valence-corrected chi connectivity index (χ0v) is 10.7. The Morgan fingerprint density at radius 2 is 2.29 bits per heavy atom. The highest BCUT2D eigenvalue weighted by atomic mass is 32.1. The van der Waals surface area contributed by atoms with Crippen LogP contribution < -0.4 is 5.73 Å². The first-order valence-corrected chi connectivity index (χ1v) is 6.87. The van der Waals surface area contributed by atoms with Gasteiger partial charge in [0.25, 0.3) is 0 Å². The van der Waals surface area contributed by atoms with Crippen molar-refractivity contribution in [1.82, 2.24) is 4.98 Å². The summed E-state index contributed by atoms with van der Waals surface area (Å²) in [5.41, 5.74) is 5.57. The number of nitrogens with zero attached hydrogens (tertiary/aromatic N) is 1. The quantitative estimate of drug-likeness (QED) is 0.874. The van der Waals surface area contributed by atoms with E-state index in [2.05, 4.69) is 16.4 Å². The van der Waals surface area contributed by atoms with Gasteiger partial charge in [0.2, 0.25) is 0 Å². The van der Waals surface area contributed by atoms with E-state index >= 15 is 0 Å². The van der Waals surface area contributed by atoms with Gasteiger partial charge in [0.15, 0.2) is 5.69 Å². The first-order chi connectivity index (χ1) is 8.16. The third-order valence-corrected chi connectivity index (χ3v) is 4.17. The molecule has 0 spiro atoms. The SMILES string of the molecule is Nc1sc(CCCc2cccs2)nc1C(=O)O. The average molecular weight is 268 g/mol. The van der Waals surface area contributed by atoms with Crippen LogP contribution in [0.1, 0.15) is 26.8 Å². The summed E-state index contributed by atoms with van der Waals surface area (Å²) in [6.07, 6.45) is 2.74. The van der Waals surface area contributed by atoms with E-state index in [-0.39, 0.29) is 5.69 Å². The molecule has 0 saturated carbocycles. The number of carbonyl (C=O) groups is 1. The molecule has 0 bridgehead atoms. The van der Waals surface area contributed by atoms with Gasteiger partial charge in [0, 0.05) is 4.88 Å². The molecule has 90 valence electrons. The third-order valence-electron chi connectivity index (χ3n) is 2.29. The number of carboxylic acids is 1. The van der Waals surface area contributed by atoms with Gasteiger partial charge in [-0.1, -0.05) is 6.07 Å². The van der Waals surface area contributed by atoms with Crippen molar-refractivity contribution in [2.45, 2.75) is 19.3 Å². The van der Waals surface area contributed by atoms with Crippen LogP contribution in [-0.4, -0.2) is 16.1 Å². The van der Waals surface area contributed by atoms with Crippen LogP contribution in [0.15, 0.2) is 17.5 Å². The van der Waals surface area contributed by atoms with Gasteiger partial charge < -0.3 is 10.8 Å². The summed E-state index contributed by atoms with van der Waals surface area (Å²) in [5, 5.41) is 12.0. The van der Waals surface area contributed by atoms with Gasteiger partial charge >= 0.3 is 5.97 Å². The molecular weight excluding hydrogens is 256 g/mol. The topological polar surface area (TPSA) is 76.2 Å². The molecule has 0 fully saturated rings. The van der Waals surface area contributed by atoms with Crippen LogP contribution in [-0.2, 0) is 12.8 Å². The van der Waals surface area contributed by atoms with Crippen molar-refractivity contribution in [3.8, 4) is 0 Å². The minimum atomic E-state index is -1.05. The van der Waals surface area contributed by atoms with Crippen molar-refractivity contribution >= 4 is 33.6 Å². The lowest BCUT2D eigenvalue weighted by atomic mass is 10.2. The van der Waals surface area contributed by atoms with Crippen LogP contribution in [0.2, 0.25) is 0 Å². The molecule has 2 heterocycles. The third kappa shape index (κ3) is 3.04. The van der Waals surface area contributed by atoms with E-state index in [1.807, 2.05) is 6.07 Å². The maximum absolute atomic E-state index is 10.8. The first kappa shape index (κ1) is 12.1. The summed E-state index contributed by atoms with van der Waals surface area (Å²) < 4.78 is 0. The van der Waals surface area contributed by atoms with Crippen molar-refractivity contribution in [3.63, 3.8) is 0 Å². The Morgan fingerprint density at radius 1 is 1.47 bits per heavy atom. The fraction of sp³-hybridized carbons (Fsp3) is 0.273. The Bertz CT molecular complexity index is 506. The summed E-state index contributed by atoms with van der Waals surface area (Å²) in [5.74, 6) is -1.05. The molecule has 0 aromatic carbocycles. The summed E-state index contributed by atoms with van der Waals surface area (Å²) in [7, 11) is 0. The van der Waals surface area contributed by atoms with E-state index in [9.17, 15) is 4.79 Å². The molecule has 4 nitrogen and oxygen atoms in total. The number of thiazole rings is 1. The van der Waals surface area contributed by atoms with Crippen LogP contribution in [0.3, 0.4) is 0 Å². The maximum atomic E-state index is 10.8. The van der Waals surface area contributed by atoms with Crippen LogP contribution in [0.25, 0.3) is 0 Å². The molecular formula is C11H12N2O2S2. The van der Waals surface area contributed by atoms with E-state index in [0.29, 0.717) is 5.00 Å². The molecule has 3 N–H and O–H groups in total. The Balaban J connectivity index is 1.91. The molecule has 0 aliphatic rings. The molecule has 2 aromatic rings. The van der Waals surface area contributed by atoms with Gasteiger partial charge in [-0.05, 0) is 30.7 Å². The summed E-state index contributed by atoms with van der Waals surface area (Å²) in [6, 6.07) is 4.13. The van der Waals surface area contributed by atoms with Gasteiger partial charge in [-0.3, -0.25) is 0 Å². The molecule has 0 atom stereocenters. The maximum Gasteiger partial charge on any atom is 0.357 e. The number of hydrogen-bond acceptors (Lipinski definition) is 5. The molecule has 0 aliphatic heterocycles. The van der Waals surface area contributed by atoms with E-state index in [4.69, 9.17) is 10.8 Å². The minimum absolute atomic E-state index is 0.0128. The van der Waals surface area contributed by atoms with E-state index in [0.717, 1.165) is 24.3 Å². The highest BCUT2D eigenvalue weighted by Crippen LogP contribution is 2.23. The summed E-state index contributed by atoms with van der Waals surface area (Å²) in [6.45, 7) is 0. The highest BCUT2D eigenvalue weighted by molar-refractivity contribution is 7.15. The van der Waals surface area contributed by atoms with Crippen LogP contribution in [0.4, 0.5) is 5.00 Å². The Hall–Kier alpha value is -1.40. The van der Waals surface area contributed by atoms with Gasteiger partial charge in [-0.15, -0.1) is 22.7 Å². The smallest absolute Gasteiger partial charge is 0.357 e. The molecule has 0 radical (unpaired) electrons. The van der Waals surface area contributed by atoms with E-state index < -0.39 is 5.97 Å². The second-order valence-electron chi connectivity index (χ2n) is 3.56. The predicted octanol–water partition coefficient (Wildman–Crippen LogP) is 2.66. The molecule has 2 rings (SSSR count). The normalized spacial score (nSPS) is 10.6. The highest BCUT2D eigenvalue weighted by Gasteiger charge is 2.14. The van der Waals surface area contributed by atoms with Gasteiger partial charge in [-0.2, -0.15) is 0 Å². The second-order valence-corrected chi connectivity index (χ2v) is 5.71. The van der Waals surface area contributed by atoms with Crippen LogP contribution in [0, 0.1) is 0 Å². The number of anilines is 1. The number of carboxylic acid groups (broad SMARTS) is 1. The molecule has 0 aliphatic carbocycles. The van der Waals surface area contributed by atoms with Crippen LogP contribution in [0.5, 0.6) is 0 Å². The number of nitrogen functional groups attached to an aromatic ring is 1. The van der Waals surface area contributed by atoms with Crippen molar-refractivity contribution in [3.05, 3.63) is 33.1 Å². The van der Waals surface area contributed by atoms with E-state index in [1.165, 1.54) is 16.2 Å². The Labute approximate surface area is 107 Å². The molecule has 0 amide bonds. The molecule has 0 unspecified atom stereocenters. The fourth-order valence-corrected chi connectivity index (χ4v) is 3.12. The lowest BCUT2D eigenvalue weighted by Crippen LogP contribution is -2.00. The number of aromatic carboxylic acids is 1. The lowest BCUT2D eigenvalue weighted by Gasteiger charge is -1.95. The molecule has 6 heteroatoms. The van der Waals surface area contributed by atoms with Crippen molar-refractivity contribution < 1.29 is 9.90 Å². The van der Waals surface area contributed by atoms with E-state index in [1.54, 1.807) is 11.3 Å². The lowest BCUT2D eigenvalue weighted by molar-refractivity contribution is 0.0692. The average Bonchev–Trinajstić information content (AvgIpc) is 2.88. The van der Waals surface area contributed by atoms with Crippen molar-refractivity contribution in [1.29, 1.82) is 0 Å². The monoisotopic (exact) mass is 268 g/mol. The number of hydrogen-bond donors (Lipinski definition) is 2. The molecule has 17 heavy (non-hydrogen) atoms. The Morgan fingerprint density at radius 3 is 2.88 bits per heavy atom. The summed E-state index contributed by atoms with van der Waals surface area (Å²) in [4.78, 5) is 16.1. The van der Waals surface area contributed by atoms with Crippen LogP contribution >= 0.6 is 22.7 Å². The largest absolute Gasteiger partial charge is 0.476 e. The van der Waals surface area contributed by atoms with Crippen molar-refractivity contribution in [2.75, 3.05) is 5.73 Å². The number of thiophene rings is 1. The minimum Gasteiger partial charge on any atom is -0.476 e. The zero-order chi connectivity index (χ0) is 12.3. The second kappa shape index (κ2) is 5.29. The standard InChI is InChI=1S/C11H12N2O2S2/c12-10-9(11(14)15)13-8(17-10)5-1-3-7-4-2-6-16-7/h2,4,6H,1,3,5,12H2,(H,14,15). The fourth-order valence-electron chi connectivity index (χ4n) is 1.51. The van der Waals surface area contributed by atoms with Crippen molar-refractivity contribution in [2.24, 2.45) is 0 Å². The number of aryl methyl sites for hydroxylation is 2. The number of nitrogens with two attached hydrogens (primary N) is 1. The Kier molecular flexibility index (Phi) is 3.75. The summed E-state index contributed by atoms with van der Waals surface area (Å²) >= 11 is 3.00. The predicted molar refractivity (Wildman–Crippen MR) is 69.8 cm³/mol. The first-order valence-electron chi connectivity index (χ1n) is 5.17. The number of aromatic nitrogens is 1.